The SMILES string of the molecule is CCCCO.O=CC(Cl)(Cl)Cl. The van der Waals surface area contributed by atoms with E-state index in [1.165, 1.54) is 0 Å². The monoisotopic (exact) mass is 220 g/mol. The molecule has 0 amide bonds. The number of halogens is 3. The van der Waals surface area contributed by atoms with Crippen molar-refractivity contribution in [3.8, 4) is 0 Å². The van der Waals surface area contributed by atoms with Crippen LogP contribution in [0.5, 0.6) is 0 Å². The quantitative estimate of drug-likeness (QED) is 0.574. The summed E-state index contributed by atoms with van der Waals surface area (Å²) in [5.74, 6) is 0. The van der Waals surface area contributed by atoms with Crippen molar-refractivity contribution in [1.29, 1.82) is 0 Å². The van der Waals surface area contributed by atoms with E-state index in [9.17, 15) is 4.79 Å². The minimum absolute atomic E-state index is 0.234. The zero-order chi connectivity index (χ0) is 9.33. The molecule has 0 saturated carbocycles. The maximum absolute atomic E-state index is 9.43. The van der Waals surface area contributed by atoms with Gasteiger partial charge in [-0.2, -0.15) is 0 Å². The van der Waals surface area contributed by atoms with E-state index in [4.69, 9.17) is 39.9 Å². The van der Waals surface area contributed by atoms with E-state index < -0.39 is 3.79 Å². The molecule has 11 heavy (non-hydrogen) atoms. The topological polar surface area (TPSA) is 37.3 Å². The van der Waals surface area contributed by atoms with Gasteiger partial charge in [-0.3, -0.25) is 4.79 Å². The molecule has 0 aliphatic heterocycles. The number of aliphatic hydroxyl groups excluding tert-OH is 1. The molecule has 0 aromatic heterocycles. The molecule has 2 nitrogen and oxygen atoms in total. The first-order chi connectivity index (χ1) is 4.97. The molecule has 0 bridgehead atoms. The van der Waals surface area contributed by atoms with Gasteiger partial charge in [-0.15, -0.1) is 0 Å². The lowest BCUT2D eigenvalue weighted by atomic mass is 10.4. The highest BCUT2D eigenvalue weighted by Gasteiger charge is 2.16. The minimum Gasteiger partial charge on any atom is -0.396 e. The molecule has 5 heteroatoms. The summed E-state index contributed by atoms with van der Waals surface area (Å²) in [6, 6.07) is 0. The molecule has 0 aromatic rings. The molecule has 1 N–H and O–H groups in total. The van der Waals surface area contributed by atoms with Crippen LogP contribution in [0.25, 0.3) is 0 Å². The molecule has 0 aliphatic rings. The lowest BCUT2D eigenvalue weighted by Crippen LogP contribution is -2.00. The molecular formula is C6H11Cl3O2. The lowest BCUT2D eigenvalue weighted by molar-refractivity contribution is -0.107. The second-order valence-corrected chi connectivity index (χ2v) is 4.11. The van der Waals surface area contributed by atoms with Crippen LogP contribution in [0.2, 0.25) is 0 Å². The first-order valence-corrected chi connectivity index (χ1v) is 4.25. The average Bonchev–Trinajstić information content (AvgIpc) is 1.90. The summed E-state index contributed by atoms with van der Waals surface area (Å²) < 4.78 is -1.72. The fourth-order valence-corrected chi connectivity index (χ4v) is 0.158. The van der Waals surface area contributed by atoms with Crippen molar-refractivity contribution < 1.29 is 9.90 Å². The van der Waals surface area contributed by atoms with Gasteiger partial charge in [-0.05, 0) is 6.42 Å². The van der Waals surface area contributed by atoms with Crippen molar-refractivity contribution in [3.05, 3.63) is 0 Å². The molecule has 68 valence electrons. The van der Waals surface area contributed by atoms with E-state index in [1.54, 1.807) is 0 Å². The predicted molar refractivity (Wildman–Crippen MR) is 48.3 cm³/mol. The highest BCUT2D eigenvalue weighted by atomic mass is 35.6. The van der Waals surface area contributed by atoms with Crippen LogP contribution in [-0.2, 0) is 4.79 Å². The summed E-state index contributed by atoms with van der Waals surface area (Å²) in [6.45, 7) is 2.40. The molecule has 0 aliphatic carbocycles. The molecule has 0 rings (SSSR count). The van der Waals surface area contributed by atoms with Gasteiger partial charge in [-0.25, -0.2) is 0 Å². The van der Waals surface area contributed by atoms with Gasteiger partial charge in [0.25, 0.3) is 0 Å². The first kappa shape index (κ1) is 14.0. The Bertz CT molecular complexity index is 88.3. The van der Waals surface area contributed by atoms with Gasteiger partial charge in [-0.1, -0.05) is 48.1 Å². The Morgan fingerprint density at radius 2 is 1.82 bits per heavy atom. The average molecular weight is 222 g/mol. The Hall–Kier alpha value is 0.500. The fraction of sp³-hybridized carbons (Fsp3) is 0.833. The minimum atomic E-state index is -1.72. The maximum Gasteiger partial charge on any atom is 0.245 e. The van der Waals surface area contributed by atoms with Crippen LogP contribution in [-0.4, -0.2) is 21.8 Å². The van der Waals surface area contributed by atoms with Crippen molar-refractivity contribution in [3.63, 3.8) is 0 Å². The van der Waals surface area contributed by atoms with Gasteiger partial charge in [0.2, 0.25) is 3.79 Å². The molecule has 0 heterocycles. The Morgan fingerprint density at radius 3 is 1.82 bits per heavy atom. The molecule has 0 radical (unpaired) electrons. The highest BCUT2D eigenvalue weighted by molar-refractivity contribution is 6.74. The van der Waals surface area contributed by atoms with Gasteiger partial charge in [0, 0.05) is 6.61 Å². The standard InChI is InChI=1S/C4H10O.C2HCl3O/c1-2-3-4-5;3-2(4,5)1-6/h5H,2-4H2,1H3;1H. The fourth-order valence-electron chi connectivity index (χ4n) is 0.158. The zero-order valence-corrected chi connectivity index (χ0v) is 8.46. The first-order valence-electron chi connectivity index (χ1n) is 3.11. The van der Waals surface area contributed by atoms with Gasteiger partial charge in [0.1, 0.15) is 0 Å². The third kappa shape index (κ3) is 25.1. The number of aliphatic hydroxyl groups is 1. The number of carbonyl (C=O) groups excluding carboxylic acids is 1. The summed E-state index contributed by atoms with van der Waals surface area (Å²) in [7, 11) is 0. The van der Waals surface area contributed by atoms with E-state index in [-0.39, 0.29) is 6.29 Å². The summed E-state index contributed by atoms with van der Waals surface area (Å²) in [5.41, 5.74) is 0. The van der Waals surface area contributed by atoms with Crippen molar-refractivity contribution in [2.45, 2.75) is 23.6 Å². The number of aldehydes is 1. The Balaban J connectivity index is 0. The molecule has 0 fully saturated rings. The second-order valence-electron chi connectivity index (χ2n) is 1.74. The Kier molecular flexibility index (Phi) is 11.0. The smallest absolute Gasteiger partial charge is 0.245 e. The third-order valence-corrected chi connectivity index (χ3v) is 0.913. The van der Waals surface area contributed by atoms with Crippen LogP contribution < -0.4 is 0 Å². The summed E-state index contributed by atoms with van der Waals surface area (Å²) in [4.78, 5) is 9.43. The Morgan fingerprint density at radius 1 is 1.45 bits per heavy atom. The normalized spacial score (nSPS) is 9.91. The number of carbonyl (C=O) groups is 1. The van der Waals surface area contributed by atoms with Crippen molar-refractivity contribution in [2.24, 2.45) is 0 Å². The number of hydrogen-bond donors (Lipinski definition) is 1. The summed E-state index contributed by atoms with van der Waals surface area (Å²) in [5, 5.41) is 8.07. The van der Waals surface area contributed by atoms with E-state index in [0.717, 1.165) is 12.8 Å². The van der Waals surface area contributed by atoms with Crippen LogP contribution in [0.3, 0.4) is 0 Å². The van der Waals surface area contributed by atoms with Gasteiger partial charge >= 0.3 is 0 Å². The van der Waals surface area contributed by atoms with Gasteiger partial charge < -0.3 is 5.11 Å². The van der Waals surface area contributed by atoms with Crippen molar-refractivity contribution in [2.75, 3.05) is 6.61 Å². The summed E-state index contributed by atoms with van der Waals surface area (Å²) in [6.07, 6.45) is 2.27. The number of hydrogen-bond acceptors (Lipinski definition) is 2. The summed E-state index contributed by atoms with van der Waals surface area (Å²) >= 11 is 14.6. The maximum atomic E-state index is 9.43. The van der Waals surface area contributed by atoms with E-state index in [0.29, 0.717) is 6.61 Å². The van der Waals surface area contributed by atoms with Gasteiger partial charge in [0.15, 0.2) is 6.29 Å². The second kappa shape index (κ2) is 8.60. The number of rotatable bonds is 2. The van der Waals surface area contributed by atoms with Crippen LogP contribution in [0.15, 0.2) is 0 Å². The Labute approximate surface area is 81.4 Å². The van der Waals surface area contributed by atoms with Crippen LogP contribution >= 0.6 is 34.8 Å². The van der Waals surface area contributed by atoms with E-state index in [1.807, 2.05) is 0 Å². The largest absolute Gasteiger partial charge is 0.396 e. The zero-order valence-electron chi connectivity index (χ0n) is 6.19. The number of alkyl halides is 3. The molecule has 0 atom stereocenters. The molecule has 0 aromatic carbocycles. The highest BCUT2D eigenvalue weighted by Crippen LogP contribution is 2.21. The van der Waals surface area contributed by atoms with Crippen molar-refractivity contribution in [1.82, 2.24) is 0 Å². The number of unbranched alkanes of at least 4 members (excludes halogenated alkanes) is 1. The predicted octanol–water partition coefficient (Wildman–Crippen LogP) is 2.33. The van der Waals surface area contributed by atoms with E-state index in [2.05, 4.69) is 6.92 Å². The van der Waals surface area contributed by atoms with Crippen LogP contribution in [0.1, 0.15) is 19.8 Å². The lowest BCUT2D eigenvalue weighted by Gasteiger charge is -1.93. The van der Waals surface area contributed by atoms with Crippen LogP contribution in [0, 0.1) is 0 Å². The molecule has 0 saturated heterocycles. The van der Waals surface area contributed by atoms with E-state index >= 15 is 0 Å². The van der Waals surface area contributed by atoms with Gasteiger partial charge in [0.05, 0.1) is 0 Å². The third-order valence-electron chi connectivity index (χ3n) is 0.645. The molecular weight excluding hydrogens is 210 g/mol. The van der Waals surface area contributed by atoms with Crippen molar-refractivity contribution >= 4 is 41.1 Å². The molecule has 0 spiro atoms. The van der Waals surface area contributed by atoms with Crippen LogP contribution in [0.4, 0.5) is 0 Å². The molecule has 0 unspecified atom stereocenters.